The molecule has 3 N–H and O–H groups in total. The van der Waals surface area contributed by atoms with E-state index in [4.69, 9.17) is 0 Å². The lowest BCUT2D eigenvalue weighted by Gasteiger charge is -2.62. The Morgan fingerprint density at radius 3 is 2.26 bits per heavy atom. The van der Waals surface area contributed by atoms with E-state index in [1.165, 1.54) is 11.1 Å². The molecule has 0 amide bonds. The number of hydrogen-bond acceptors (Lipinski definition) is 3. The van der Waals surface area contributed by atoms with Gasteiger partial charge in [0, 0.05) is 5.41 Å². The Balaban J connectivity index is 1.72. The van der Waals surface area contributed by atoms with Crippen molar-refractivity contribution in [2.24, 2.45) is 45.3 Å². The number of aliphatic hydroxyl groups excluding tert-OH is 2. The largest absolute Gasteiger partial charge is 0.481 e. The van der Waals surface area contributed by atoms with Crippen molar-refractivity contribution in [3.8, 4) is 0 Å². The summed E-state index contributed by atoms with van der Waals surface area (Å²) < 4.78 is 0. The molecule has 0 aromatic carbocycles. The molecular formula is C31H50O4. The van der Waals surface area contributed by atoms with Crippen LogP contribution in [0.3, 0.4) is 0 Å². The molecule has 4 nitrogen and oxygen atoms in total. The lowest BCUT2D eigenvalue weighted by atomic mass is 9.43. The highest BCUT2D eigenvalue weighted by atomic mass is 16.4. The quantitative estimate of drug-likeness (QED) is 0.362. The normalized spacial score (nSPS) is 43.4. The van der Waals surface area contributed by atoms with Crippen LogP contribution < -0.4 is 0 Å². The van der Waals surface area contributed by atoms with Crippen molar-refractivity contribution in [3.05, 3.63) is 23.3 Å². The second kappa shape index (κ2) is 8.72. The number of allylic oxidation sites excluding steroid dienone is 2. The summed E-state index contributed by atoms with van der Waals surface area (Å²) in [7, 11) is 0. The molecular weight excluding hydrogens is 436 g/mol. The van der Waals surface area contributed by atoms with E-state index < -0.39 is 18.0 Å². The first-order chi connectivity index (χ1) is 16.1. The summed E-state index contributed by atoms with van der Waals surface area (Å²) in [4.78, 5) is 12.6. The van der Waals surface area contributed by atoms with Gasteiger partial charge in [-0.15, -0.1) is 0 Å². The van der Waals surface area contributed by atoms with E-state index in [1.54, 1.807) is 0 Å². The van der Waals surface area contributed by atoms with Gasteiger partial charge in [-0.05, 0) is 91.8 Å². The van der Waals surface area contributed by atoms with Crippen LogP contribution >= 0.6 is 0 Å². The number of fused-ring (bicyclic) bond motifs is 4. The smallest absolute Gasteiger partial charge is 0.306 e. The van der Waals surface area contributed by atoms with Gasteiger partial charge in [-0.2, -0.15) is 0 Å². The van der Waals surface area contributed by atoms with E-state index in [1.807, 2.05) is 0 Å². The number of hydrogen-bond donors (Lipinski definition) is 3. The first-order valence-corrected chi connectivity index (χ1v) is 14.1. The fourth-order valence-electron chi connectivity index (χ4n) is 9.49. The summed E-state index contributed by atoms with van der Waals surface area (Å²) >= 11 is 0. The molecule has 0 bridgehead atoms. The Kier molecular flexibility index (Phi) is 6.71. The van der Waals surface area contributed by atoms with Crippen LogP contribution in [0.25, 0.3) is 0 Å². The van der Waals surface area contributed by atoms with Crippen LogP contribution in [0.1, 0.15) is 106 Å². The lowest BCUT2D eigenvalue weighted by molar-refractivity contribution is -0.147. The van der Waals surface area contributed by atoms with Crippen LogP contribution in [0, 0.1) is 45.3 Å². The first kappa shape index (κ1) is 26.9. The van der Waals surface area contributed by atoms with Crippen LogP contribution in [0.4, 0.5) is 0 Å². The van der Waals surface area contributed by atoms with Gasteiger partial charge in [-0.25, -0.2) is 0 Å². The van der Waals surface area contributed by atoms with Crippen molar-refractivity contribution in [2.45, 2.75) is 118 Å². The number of rotatable bonds is 6. The van der Waals surface area contributed by atoms with Crippen molar-refractivity contribution in [2.75, 3.05) is 0 Å². The molecule has 4 rings (SSSR count). The molecule has 0 saturated heterocycles. The van der Waals surface area contributed by atoms with Crippen LogP contribution in [0.15, 0.2) is 23.3 Å². The van der Waals surface area contributed by atoms with Crippen LogP contribution in [0.5, 0.6) is 0 Å². The topological polar surface area (TPSA) is 77.8 Å². The minimum Gasteiger partial charge on any atom is -0.481 e. The Bertz CT molecular complexity index is 915. The van der Waals surface area contributed by atoms with E-state index >= 15 is 0 Å². The van der Waals surface area contributed by atoms with E-state index in [0.717, 1.165) is 50.5 Å². The molecule has 35 heavy (non-hydrogen) atoms. The van der Waals surface area contributed by atoms with Crippen LogP contribution in [0.2, 0.25) is 0 Å². The van der Waals surface area contributed by atoms with Gasteiger partial charge in [-0.1, -0.05) is 71.8 Å². The summed E-state index contributed by atoms with van der Waals surface area (Å²) in [6.45, 7) is 19.9. The maximum absolute atomic E-state index is 12.6. The maximum Gasteiger partial charge on any atom is 0.306 e. The molecule has 4 aliphatic carbocycles. The Labute approximate surface area is 213 Å². The van der Waals surface area contributed by atoms with Gasteiger partial charge in [0.05, 0.1) is 18.1 Å². The zero-order valence-electron chi connectivity index (χ0n) is 23.3. The summed E-state index contributed by atoms with van der Waals surface area (Å²) in [6, 6.07) is 0. The van der Waals surface area contributed by atoms with E-state index in [2.05, 4.69) is 55.0 Å². The van der Waals surface area contributed by atoms with E-state index in [9.17, 15) is 20.1 Å². The Morgan fingerprint density at radius 1 is 1.00 bits per heavy atom. The third-order valence-electron chi connectivity index (χ3n) is 12.3. The highest BCUT2D eigenvalue weighted by molar-refractivity contribution is 5.71. The maximum atomic E-state index is 12.6. The van der Waals surface area contributed by atoms with Crippen LogP contribution in [-0.2, 0) is 4.79 Å². The predicted octanol–water partition coefficient (Wildman–Crippen LogP) is 6.76. The average Bonchev–Trinajstić information content (AvgIpc) is 2.98. The Morgan fingerprint density at radius 2 is 1.66 bits per heavy atom. The van der Waals surface area contributed by atoms with E-state index in [0.29, 0.717) is 24.7 Å². The van der Waals surface area contributed by atoms with Crippen LogP contribution in [-0.4, -0.2) is 33.5 Å². The minimum absolute atomic E-state index is 0.0378. The van der Waals surface area contributed by atoms with Crippen molar-refractivity contribution in [1.29, 1.82) is 0 Å². The summed E-state index contributed by atoms with van der Waals surface area (Å²) in [6.07, 6.45) is 6.90. The molecule has 0 radical (unpaired) electrons. The molecule has 2 saturated carbocycles. The van der Waals surface area contributed by atoms with E-state index in [-0.39, 0.29) is 33.7 Å². The molecule has 0 aromatic heterocycles. The molecule has 2 fully saturated rings. The number of aliphatic carboxylic acids is 1. The fraction of sp³-hybridized carbons (Fsp3) is 0.839. The molecule has 8 atom stereocenters. The molecule has 0 heterocycles. The zero-order valence-corrected chi connectivity index (χ0v) is 23.3. The predicted molar refractivity (Wildman–Crippen MR) is 141 cm³/mol. The highest BCUT2D eigenvalue weighted by Crippen LogP contribution is 2.72. The summed E-state index contributed by atoms with van der Waals surface area (Å²) in [5.74, 6) is -0.415. The van der Waals surface area contributed by atoms with Crippen molar-refractivity contribution in [1.82, 2.24) is 0 Å². The number of carboxylic acids is 1. The van der Waals surface area contributed by atoms with Crippen molar-refractivity contribution < 1.29 is 20.1 Å². The Hall–Kier alpha value is -1.13. The molecule has 198 valence electrons. The van der Waals surface area contributed by atoms with Gasteiger partial charge >= 0.3 is 5.97 Å². The second-order valence-corrected chi connectivity index (χ2v) is 14.1. The lowest BCUT2D eigenvalue weighted by Crippen LogP contribution is -2.56. The molecule has 4 aliphatic rings. The van der Waals surface area contributed by atoms with Gasteiger partial charge in [0.1, 0.15) is 0 Å². The third kappa shape index (κ3) is 3.71. The van der Waals surface area contributed by atoms with Gasteiger partial charge in [0.15, 0.2) is 0 Å². The average molecular weight is 487 g/mol. The molecule has 1 unspecified atom stereocenters. The number of carbonyl (C=O) groups is 1. The standard InChI is InChI=1S/C31H50O4/c1-18(2)19(3)9-10-20(27(34)35)23-17-26(33)31(8)22-11-12-24-28(4,5)25(32)14-15-29(24,6)21(22)13-16-30(23,31)7/h18,20,23-26,32-33H,3,9-17H2,1-2,4-8H3,(H,34,35)/t20-,23-,24?,25+,26+,29-,30-,31-/m1/s1. The second-order valence-electron chi connectivity index (χ2n) is 14.1. The first-order valence-electron chi connectivity index (χ1n) is 14.1. The van der Waals surface area contributed by atoms with Crippen molar-refractivity contribution in [3.63, 3.8) is 0 Å². The molecule has 0 aliphatic heterocycles. The van der Waals surface area contributed by atoms with Gasteiger partial charge in [-0.3, -0.25) is 4.79 Å². The van der Waals surface area contributed by atoms with Crippen molar-refractivity contribution >= 4 is 5.97 Å². The third-order valence-corrected chi connectivity index (χ3v) is 12.3. The summed E-state index contributed by atoms with van der Waals surface area (Å²) in [5.41, 5.74) is 3.40. The minimum atomic E-state index is -0.720. The monoisotopic (exact) mass is 486 g/mol. The molecule has 0 spiro atoms. The molecule has 0 aromatic rings. The van der Waals surface area contributed by atoms with Gasteiger partial charge in [0.25, 0.3) is 0 Å². The fourth-order valence-corrected chi connectivity index (χ4v) is 9.49. The van der Waals surface area contributed by atoms with Gasteiger partial charge < -0.3 is 15.3 Å². The molecule has 4 heteroatoms. The number of aliphatic hydroxyl groups is 2. The summed E-state index contributed by atoms with van der Waals surface area (Å²) in [5, 5.41) is 32.8. The van der Waals surface area contributed by atoms with Gasteiger partial charge in [0.2, 0.25) is 0 Å². The SMILES string of the molecule is C=C(CC[C@@H](C(=O)O)[C@H]1C[C@H](O)[C@@]2(C)C3=C(CC[C@]12C)[C@@]1(C)CC[C@H](O)C(C)(C)C1CC3)C(C)C. The number of carboxylic acid groups (broad SMARTS) is 1. The zero-order chi connectivity index (χ0) is 26.1. The highest BCUT2D eigenvalue weighted by Gasteiger charge is 2.67.